The molecule has 1 fully saturated rings. The summed E-state index contributed by atoms with van der Waals surface area (Å²) in [7, 11) is -4.13. The minimum absolute atomic E-state index is 0.0121. The van der Waals surface area contributed by atoms with Crippen LogP contribution in [0.25, 0.3) is 0 Å². The Labute approximate surface area is 121 Å². The summed E-state index contributed by atoms with van der Waals surface area (Å²) in [6, 6.07) is 1.67. The van der Waals surface area contributed by atoms with Gasteiger partial charge in [-0.15, -0.1) is 0 Å². The van der Waals surface area contributed by atoms with Crippen LogP contribution in [0, 0.1) is 11.6 Å². The highest BCUT2D eigenvalue weighted by atomic mass is 32.2. The maximum atomic E-state index is 13.7. The molecule has 0 aliphatic carbocycles. The van der Waals surface area contributed by atoms with Crippen LogP contribution >= 0.6 is 0 Å². The SMILES string of the molecule is Nc1cc(F)c(F)c(S(=O)(=O)N2CCN(CCO)CC2)c1. The van der Waals surface area contributed by atoms with Gasteiger partial charge in [0, 0.05) is 38.4 Å². The van der Waals surface area contributed by atoms with E-state index in [1.165, 1.54) is 0 Å². The van der Waals surface area contributed by atoms with Crippen molar-refractivity contribution in [3.63, 3.8) is 0 Å². The number of sulfonamides is 1. The Bertz CT molecular complexity index is 616. The molecule has 1 aromatic rings. The molecule has 3 N–H and O–H groups in total. The quantitative estimate of drug-likeness (QED) is 0.753. The van der Waals surface area contributed by atoms with Crippen LogP contribution in [0.5, 0.6) is 0 Å². The van der Waals surface area contributed by atoms with Crippen molar-refractivity contribution in [3.05, 3.63) is 23.8 Å². The summed E-state index contributed by atoms with van der Waals surface area (Å²) in [4.78, 5) is 1.15. The smallest absolute Gasteiger partial charge is 0.246 e. The largest absolute Gasteiger partial charge is 0.399 e. The zero-order valence-electron chi connectivity index (χ0n) is 11.3. The Kier molecular flexibility index (Phi) is 4.77. The zero-order chi connectivity index (χ0) is 15.6. The average Bonchev–Trinajstić information content (AvgIpc) is 2.43. The number of nitrogens with zero attached hydrogens (tertiary/aromatic N) is 2. The van der Waals surface area contributed by atoms with Crippen LogP contribution in [0.1, 0.15) is 0 Å². The first-order chi connectivity index (χ1) is 9.86. The monoisotopic (exact) mass is 321 g/mol. The summed E-state index contributed by atoms with van der Waals surface area (Å²) in [5.41, 5.74) is 5.24. The van der Waals surface area contributed by atoms with Gasteiger partial charge in [-0.2, -0.15) is 4.31 Å². The van der Waals surface area contributed by atoms with Crippen LogP contribution in [0.3, 0.4) is 0 Å². The van der Waals surface area contributed by atoms with Crippen molar-refractivity contribution in [2.45, 2.75) is 4.90 Å². The fourth-order valence-electron chi connectivity index (χ4n) is 2.25. The fraction of sp³-hybridized carbons (Fsp3) is 0.500. The number of aliphatic hydroxyl groups excluding tert-OH is 1. The van der Waals surface area contributed by atoms with Crippen LogP contribution in [0.2, 0.25) is 0 Å². The summed E-state index contributed by atoms with van der Waals surface area (Å²) in [6.45, 7) is 1.59. The first-order valence-electron chi connectivity index (χ1n) is 6.44. The fourth-order valence-corrected chi connectivity index (χ4v) is 3.78. The van der Waals surface area contributed by atoms with E-state index in [4.69, 9.17) is 10.8 Å². The molecule has 1 aliphatic rings. The van der Waals surface area contributed by atoms with Gasteiger partial charge in [0.05, 0.1) is 6.61 Å². The van der Waals surface area contributed by atoms with E-state index in [-0.39, 0.29) is 25.4 Å². The highest BCUT2D eigenvalue weighted by Gasteiger charge is 2.31. The average molecular weight is 321 g/mol. The lowest BCUT2D eigenvalue weighted by Crippen LogP contribution is -2.49. The summed E-state index contributed by atoms with van der Waals surface area (Å²) in [5, 5.41) is 8.84. The molecule has 21 heavy (non-hydrogen) atoms. The lowest BCUT2D eigenvalue weighted by atomic mass is 10.3. The predicted octanol–water partition coefficient (Wildman–Crippen LogP) is -0.154. The molecule has 0 spiro atoms. The Hall–Kier alpha value is -1.29. The zero-order valence-corrected chi connectivity index (χ0v) is 12.1. The minimum Gasteiger partial charge on any atom is -0.399 e. The maximum Gasteiger partial charge on any atom is 0.246 e. The van der Waals surface area contributed by atoms with E-state index in [1.54, 1.807) is 0 Å². The highest BCUT2D eigenvalue weighted by Crippen LogP contribution is 2.25. The van der Waals surface area contributed by atoms with Gasteiger partial charge in [0.2, 0.25) is 10.0 Å². The van der Waals surface area contributed by atoms with E-state index in [9.17, 15) is 17.2 Å². The van der Waals surface area contributed by atoms with E-state index >= 15 is 0 Å². The predicted molar refractivity (Wildman–Crippen MR) is 73.1 cm³/mol. The van der Waals surface area contributed by atoms with Crippen LogP contribution < -0.4 is 5.73 Å². The van der Waals surface area contributed by atoms with E-state index in [1.807, 2.05) is 4.90 Å². The van der Waals surface area contributed by atoms with Gasteiger partial charge >= 0.3 is 0 Å². The molecular weight excluding hydrogens is 304 g/mol. The molecule has 0 atom stereocenters. The lowest BCUT2D eigenvalue weighted by molar-refractivity contribution is 0.151. The van der Waals surface area contributed by atoms with Crippen molar-refractivity contribution in [3.8, 4) is 0 Å². The number of nitrogens with two attached hydrogens (primary N) is 1. The molecule has 0 saturated carbocycles. The van der Waals surface area contributed by atoms with Gasteiger partial charge in [-0.1, -0.05) is 0 Å². The van der Waals surface area contributed by atoms with Gasteiger partial charge in [0.25, 0.3) is 0 Å². The summed E-state index contributed by atoms with van der Waals surface area (Å²) in [6.07, 6.45) is 0. The van der Waals surface area contributed by atoms with Crippen molar-refractivity contribution >= 4 is 15.7 Å². The van der Waals surface area contributed by atoms with Crippen LogP contribution in [-0.4, -0.2) is 62.1 Å². The topological polar surface area (TPSA) is 86.9 Å². The molecule has 1 heterocycles. The number of nitrogen functional groups attached to an aromatic ring is 1. The van der Waals surface area contributed by atoms with Gasteiger partial charge < -0.3 is 10.8 Å². The van der Waals surface area contributed by atoms with Crippen LogP contribution in [-0.2, 0) is 10.0 Å². The van der Waals surface area contributed by atoms with E-state index < -0.39 is 26.6 Å². The number of β-amino-alcohol motifs (C(OH)–C–C–N with tert-alkyl or cyclic N) is 1. The first-order valence-corrected chi connectivity index (χ1v) is 7.88. The van der Waals surface area contributed by atoms with Crippen molar-refractivity contribution in [2.24, 2.45) is 0 Å². The summed E-state index contributed by atoms with van der Waals surface area (Å²) < 4.78 is 52.9. The second kappa shape index (κ2) is 6.22. The minimum atomic E-state index is -4.13. The molecular formula is C12H17F2N3O3S. The maximum absolute atomic E-state index is 13.7. The molecule has 0 aromatic heterocycles. The third-order valence-corrected chi connectivity index (χ3v) is 5.28. The van der Waals surface area contributed by atoms with Gasteiger partial charge in [-0.3, -0.25) is 4.90 Å². The molecule has 1 aliphatic heterocycles. The third kappa shape index (κ3) is 3.31. The number of anilines is 1. The van der Waals surface area contributed by atoms with E-state index in [0.717, 1.165) is 16.4 Å². The molecule has 1 aromatic carbocycles. The molecule has 0 unspecified atom stereocenters. The first kappa shape index (κ1) is 16.1. The van der Waals surface area contributed by atoms with Gasteiger partial charge in [-0.25, -0.2) is 17.2 Å². The Morgan fingerprint density at radius 1 is 1.19 bits per heavy atom. The number of hydrogen-bond donors (Lipinski definition) is 2. The van der Waals surface area contributed by atoms with E-state index in [2.05, 4.69) is 0 Å². The van der Waals surface area contributed by atoms with Crippen molar-refractivity contribution in [2.75, 3.05) is 45.1 Å². The number of piperazine rings is 1. The standard InChI is InChI=1S/C12H17F2N3O3S/c13-10-7-9(15)8-11(12(10)14)21(19,20)17-3-1-16(2-4-17)5-6-18/h7-8,18H,1-6,15H2. The summed E-state index contributed by atoms with van der Waals surface area (Å²) >= 11 is 0. The molecule has 1 saturated heterocycles. The molecule has 118 valence electrons. The molecule has 0 bridgehead atoms. The molecule has 0 radical (unpaired) electrons. The number of rotatable bonds is 4. The lowest BCUT2D eigenvalue weighted by Gasteiger charge is -2.33. The molecule has 6 nitrogen and oxygen atoms in total. The van der Waals surface area contributed by atoms with Crippen molar-refractivity contribution < 1.29 is 22.3 Å². The number of benzene rings is 1. The van der Waals surface area contributed by atoms with Gasteiger partial charge in [-0.05, 0) is 12.1 Å². The van der Waals surface area contributed by atoms with Crippen molar-refractivity contribution in [1.29, 1.82) is 0 Å². The highest BCUT2D eigenvalue weighted by molar-refractivity contribution is 7.89. The van der Waals surface area contributed by atoms with Gasteiger partial charge in [0.1, 0.15) is 4.90 Å². The Morgan fingerprint density at radius 2 is 1.81 bits per heavy atom. The second-order valence-electron chi connectivity index (χ2n) is 4.78. The van der Waals surface area contributed by atoms with Crippen molar-refractivity contribution in [1.82, 2.24) is 9.21 Å². The Balaban J connectivity index is 2.24. The number of hydrogen-bond acceptors (Lipinski definition) is 5. The van der Waals surface area contributed by atoms with Crippen LogP contribution in [0.15, 0.2) is 17.0 Å². The van der Waals surface area contributed by atoms with E-state index in [0.29, 0.717) is 19.6 Å². The Morgan fingerprint density at radius 3 is 2.38 bits per heavy atom. The number of halogens is 2. The summed E-state index contributed by atoms with van der Waals surface area (Å²) in [5.74, 6) is -2.70. The second-order valence-corrected chi connectivity index (χ2v) is 6.69. The molecule has 9 heteroatoms. The van der Waals surface area contributed by atoms with Crippen LogP contribution in [0.4, 0.5) is 14.5 Å². The molecule has 0 amide bonds. The third-order valence-electron chi connectivity index (χ3n) is 3.38. The number of aliphatic hydroxyl groups is 1. The van der Waals surface area contributed by atoms with Gasteiger partial charge in [0.15, 0.2) is 11.6 Å². The normalized spacial score (nSPS) is 18.0. The molecule has 2 rings (SSSR count).